The Morgan fingerprint density at radius 3 is 2.35 bits per heavy atom. The third-order valence-corrected chi connectivity index (χ3v) is 4.75. The second-order valence-corrected chi connectivity index (χ2v) is 6.74. The van der Waals surface area contributed by atoms with E-state index in [9.17, 15) is 19.5 Å². The second-order valence-electron chi connectivity index (χ2n) is 6.74. The first-order valence-corrected chi connectivity index (χ1v) is 8.64. The summed E-state index contributed by atoms with van der Waals surface area (Å²) < 4.78 is 0. The minimum absolute atomic E-state index is 0.0608. The summed E-state index contributed by atoms with van der Waals surface area (Å²) in [5.41, 5.74) is 2.87. The zero-order valence-electron chi connectivity index (χ0n) is 14.6. The Hall–Kier alpha value is -2.95. The molecule has 0 radical (unpaired) electrons. The fraction of sp³-hybridized carbons (Fsp3) is 0.286. The largest absolute Gasteiger partial charge is 0.480 e. The first kappa shape index (κ1) is 17.9. The van der Waals surface area contributed by atoms with Crippen LogP contribution in [0.1, 0.15) is 23.1 Å². The van der Waals surface area contributed by atoms with Gasteiger partial charge in [-0.15, -0.1) is 0 Å². The first-order chi connectivity index (χ1) is 12.5. The highest BCUT2D eigenvalue weighted by Gasteiger charge is 2.44. The van der Waals surface area contributed by atoms with Gasteiger partial charge in [-0.2, -0.15) is 0 Å². The Morgan fingerprint density at radius 1 is 1.08 bits per heavy atom. The molecule has 0 spiro atoms. The van der Waals surface area contributed by atoms with Gasteiger partial charge in [-0.1, -0.05) is 60.2 Å². The summed E-state index contributed by atoms with van der Waals surface area (Å²) >= 11 is 0. The van der Waals surface area contributed by atoms with Gasteiger partial charge in [0.05, 0.1) is 5.92 Å². The average molecular weight is 351 g/mol. The molecule has 0 aromatic heterocycles. The molecule has 1 N–H and O–H groups in total. The molecule has 0 aliphatic carbocycles. The number of carboxylic acid groups (broad SMARTS) is 1. The predicted octanol–water partition coefficient (Wildman–Crippen LogP) is 2.61. The minimum atomic E-state index is -1.17. The van der Waals surface area contributed by atoms with E-state index >= 15 is 0 Å². The van der Waals surface area contributed by atoms with E-state index in [4.69, 9.17) is 0 Å². The van der Waals surface area contributed by atoms with E-state index in [1.165, 1.54) is 0 Å². The molecule has 0 bridgehead atoms. The number of likely N-dealkylation sites (tertiary alicyclic amines) is 1. The van der Waals surface area contributed by atoms with E-state index in [-0.39, 0.29) is 18.7 Å². The molecule has 2 atom stereocenters. The quantitative estimate of drug-likeness (QED) is 0.812. The van der Waals surface area contributed by atoms with Gasteiger partial charge in [0.15, 0.2) is 0 Å². The summed E-state index contributed by atoms with van der Waals surface area (Å²) in [4.78, 5) is 37.9. The molecule has 5 nitrogen and oxygen atoms in total. The Balaban J connectivity index is 1.77. The van der Waals surface area contributed by atoms with Crippen LogP contribution in [0.2, 0.25) is 0 Å². The number of carbonyl (C=O) groups is 3. The third-order valence-electron chi connectivity index (χ3n) is 4.75. The second kappa shape index (κ2) is 7.52. The zero-order valence-corrected chi connectivity index (χ0v) is 14.6. The van der Waals surface area contributed by atoms with Crippen molar-refractivity contribution in [2.75, 3.05) is 0 Å². The molecule has 1 heterocycles. The van der Waals surface area contributed by atoms with Crippen LogP contribution in [-0.4, -0.2) is 33.8 Å². The number of hydrogen-bond donors (Lipinski definition) is 1. The lowest BCUT2D eigenvalue weighted by atomic mass is 9.97. The van der Waals surface area contributed by atoms with Crippen molar-refractivity contribution < 1.29 is 19.5 Å². The van der Waals surface area contributed by atoms with Crippen LogP contribution in [0.25, 0.3) is 0 Å². The molecule has 1 aliphatic rings. The van der Waals surface area contributed by atoms with Gasteiger partial charge in [0.2, 0.25) is 11.8 Å². The Kier molecular flexibility index (Phi) is 5.16. The lowest BCUT2D eigenvalue weighted by molar-refractivity contribution is -0.154. The smallest absolute Gasteiger partial charge is 0.327 e. The number of carbonyl (C=O) groups excluding carboxylic acids is 2. The van der Waals surface area contributed by atoms with Crippen LogP contribution >= 0.6 is 0 Å². The highest BCUT2D eigenvalue weighted by atomic mass is 16.4. The first-order valence-electron chi connectivity index (χ1n) is 8.64. The standard InChI is InChI=1S/C21H21NO4/c1-14-7-9-16(10-8-14)11-17-13-19(23)22(20(17)24)18(21(25)26)12-15-5-3-2-4-6-15/h2-10,17-18H,11-13H2,1H3,(H,25,26)/t17-,18-/m1/s1. The van der Waals surface area contributed by atoms with Gasteiger partial charge in [0.25, 0.3) is 0 Å². The van der Waals surface area contributed by atoms with E-state index in [1.807, 2.05) is 49.4 Å². The molecule has 0 saturated carbocycles. The lowest BCUT2D eigenvalue weighted by Crippen LogP contribution is -2.46. The summed E-state index contributed by atoms with van der Waals surface area (Å²) in [5.74, 6) is -2.45. The van der Waals surface area contributed by atoms with E-state index in [1.54, 1.807) is 12.1 Å². The van der Waals surface area contributed by atoms with Crippen LogP contribution in [0.4, 0.5) is 0 Å². The Labute approximate surface area is 152 Å². The molecule has 0 unspecified atom stereocenters. The fourth-order valence-corrected chi connectivity index (χ4v) is 3.34. The van der Waals surface area contributed by atoms with Crippen LogP contribution in [0.15, 0.2) is 54.6 Å². The Morgan fingerprint density at radius 2 is 1.73 bits per heavy atom. The third kappa shape index (κ3) is 3.82. The summed E-state index contributed by atoms with van der Waals surface area (Å²) in [6.45, 7) is 1.98. The monoisotopic (exact) mass is 351 g/mol. The van der Waals surface area contributed by atoms with Crippen molar-refractivity contribution in [1.29, 1.82) is 0 Å². The van der Waals surface area contributed by atoms with E-state index < -0.39 is 23.8 Å². The van der Waals surface area contributed by atoms with Gasteiger partial charge in [-0.25, -0.2) is 4.79 Å². The molecular weight excluding hydrogens is 330 g/mol. The van der Waals surface area contributed by atoms with Crippen LogP contribution in [0, 0.1) is 12.8 Å². The number of carboxylic acids is 1. The molecule has 3 rings (SSSR count). The SMILES string of the molecule is Cc1ccc(C[C@@H]2CC(=O)N([C@H](Cc3ccccc3)C(=O)O)C2=O)cc1. The van der Waals surface area contributed by atoms with Crippen LogP contribution in [-0.2, 0) is 27.2 Å². The van der Waals surface area contributed by atoms with Gasteiger partial charge in [0.1, 0.15) is 6.04 Å². The molecule has 2 aromatic carbocycles. The number of imide groups is 1. The van der Waals surface area contributed by atoms with Gasteiger partial charge >= 0.3 is 5.97 Å². The minimum Gasteiger partial charge on any atom is -0.480 e. The molecule has 2 aromatic rings. The van der Waals surface area contributed by atoms with E-state index in [0.717, 1.165) is 21.6 Å². The highest BCUT2D eigenvalue weighted by molar-refractivity contribution is 6.06. The van der Waals surface area contributed by atoms with E-state index in [2.05, 4.69) is 0 Å². The number of aryl methyl sites for hydroxylation is 1. The number of rotatable bonds is 6. The number of amides is 2. The van der Waals surface area contributed by atoms with Crippen LogP contribution < -0.4 is 0 Å². The topological polar surface area (TPSA) is 74.7 Å². The number of benzene rings is 2. The Bertz CT molecular complexity index is 814. The molecule has 134 valence electrons. The summed E-state index contributed by atoms with van der Waals surface area (Å²) in [7, 11) is 0. The van der Waals surface area contributed by atoms with Gasteiger partial charge in [0, 0.05) is 12.8 Å². The molecule has 1 fully saturated rings. The number of nitrogens with zero attached hydrogens (tertiary/aromatic N) is 1. The molecule has 5 heteroatoms. The average Bonchev–Trinajstić information content (AvgIpc) is 2.89. The summed E-state index contributed by atoms with van der Waals surface area (Å²) in [6, 6.07) is 15.7. The van der Waals surface area contributed by atoms with Crippen molar-refractivity contribution in [2.45, 2.75) is 32.2 Å². The highest BCUT2D eigenvalue weighted by Crippen LogP contribution is 2.27. The fourth-order valence-electron chi connectivity index (χ4n) is 3.34. The predicted molar refractivity (Wildman–Crippen MR) is 96.4 cm³/mol. The maximum Gasteiger partial charge on any atom is 0.327 e. The maximum atomic E-state index is 12.8. The van der Waals surface area contributed by atoms with Crippen LogP contribution in [0.5, 0.6) is 0 Å². The maximum absolute atomic E-state index is 12.8. The van der Waals surface area contributed by atoms with Crippen molar-refractivity contribution in [3.63, 3.8) is 0 Å². The number of hydrogen-bond acceptors (Lipinski definition) is 3. The van der Waals surface area contributed by atoms with Crippen molar-refractivity contribution >= 4 is 17.8 Å². The molecular formula is C21H21NO4. The van der Waals surface area contributed by atoms with Crippen molar-refractivity contribution in [1.82, 2.24) is 4.90 Å². The molecule has 2 amide bonds. The van der Waals surface area contributed by atoms with Gasteiger partial charge in [-0.05, 0) is 24.5 Å². The normalized spacial score (nSPS) is 18.2. The van der Waals surface area contributed by atoms with Crippen molar-refractivity contribution in [3.8, 4) is 0 Å². The van der Waals surface area contributed by atoms with E-state index in [0.29, 0.717) is 6.42 Å². The molecule has 1 aliphatic heterocycles. The van der Waals surface area contributed by atoms with Gasteiger partial charge in [-0.3, -0.25) is 14.5 Å². The molecule has 1 saturated heterocycles. The number of aliphatic carboxylic acids is 1. The lowest BCUT2D eigenvalue weighted by Gasteiger charge is -2.23. The van der Waals surface area contributed by atoms with Gasteiger partial charge < -0.3 is 5.11 Å². The van der Waals surface area contributed by atoms with Crippen molar-refractivity contribution in [2.24, 2.45) is 5.92 Å². The summed E-state index contributed by atoms with van der Waals surface area (Å²) in [6.07, 6.45) is 0.620. The zero-order chi connectivity index (χ0) is 18.7. The molecule has 26 heavy (non-hydrogen) atoms. The van der Waals surface area contributed by atoms with Crippen molar-refractivity contribution in [3.05, 3.63) is 71.3 Å². The summed E-state index contributed by atoms with van der Waals surface area (Å²) in [5, 5.41) is 9.59. The van der Waals surface area contributed by atoms with Crippen LogP contribution in [0.3, 0.4) is 0 Å².